The van der Waals surface area contributed by atoms with Gasteiger partial charge in [-0.3, -0.25) is 0 Å². The molecule has 0 heteroatoms. The third kappa shape index (κ3) is 9.75. The Balaban J connectivity index is 0.00000163. The lowest BCUT2D eigenvalue weighted by molar-refractivity contribution is 0.278. The second kappa shape index (κ2) is 12.1. The first-order chi connectivity index (χ1) is 11.3. The molecule has 0 amide bonds. The van der Waals surface area contributed by atoms with Gasteiger partial charge in [-0.25, -0.2) is 0 Å². The van der Waals surface area contributed by atoms with E-state index in [2.05, 4.69) is 97.9 Å². The maximum Gasteiger partial charge on any atom is 0.000355 e. The first kappa shape index (κ1) is 22.7. The average Bonchev–Trinajstić information content (AvgIpc) is 2.63. The van der Waals surface area contributed by atoms with Crippen LogP contribution in [0.1, 0.15) is 81.1 Å². The van der Waals surface area contributed by atoms with Gasteiger partial charge in [-0.1, -0.05) is 93.4 Å². The van der Waals surface area contributed by atoms with Crippen LogP contribution in [0.25, 0.3) is 0 Å². The summed E-state index contributed by atoms with van der Waals surface area (Å²) in [4.78, 5) is 0. The van der Waals surface area contributed by atoms with Crippen molar-refractivity contribution in [2.45, 2.75) is 81.1 Å². The smallest absolute Gasteiger partial charge is 0.000355 e. The predicted octanol–water partition coefficient (Wildman–Crippen LogP) is 8.20. The summed E-state index contributed by atoms with van der Waals surface area (Å²) in [5.74, 6) is 0.546. The minimum Gasteiger partial charge on any atom is -0.0847 e. The van der Waals surface area contributed by atoms with E-state index in [-0.39, 0.29) is 0 Å². The van der Waals surface area contributed by atoms with Crippen molar-refractivity contribution in [2.24, 2.45) is 11.3 Å². The Labute approximate surface area is 152 Å². The minimum atomic E-state index is 0.367. The molecule has 0 saturated carbocycles. The molecule has 0 saturated heterocycles. The van der Waals surface area contributed by atoms with Gasteiger partial charge in [0.15, 0.2) is 0 Å². The molecule has 0 nitrogen and oxygen atoms in total. The van der Waals surface area contributed by atoms with E-state index in [4.69, 9.17) is 0 Å². The highest BCUT2D eigenvalue weighted by Gasteiger charge is 2.27. The number of hydrogen-bond donors (Lipinski definition) is 0. The van der Waals surface area contributed by atoms with E-state index in [1.165, 1.54) is 36.8 Å². The second-order valence-corrected chi connectivity index (χ2v) is 7.75. The van der Waals surface area contributed by atoms with Crippen molar-refractivity contribution >= 4 is 0 Å². The summed E-state index contributed by atoms with van der Waals surface area (Å²) in [7, 11) is 0. The minimum absolute atomic E-state index is 0.367. The largest absolute Gasteiger partial charge is 0.0847 e. The van der Waals surface area contributed by atoms with E-state index in [1.807, 2.05) is 0 Å². The highest BCUT2D eigenvalue weighted by atomic mass is 14.3. The fraction of sp³-hybridized carbons (Fsp3) is 0.583. The molecule has 0 heterocycles. The van der Waals surface area contributed by atoms with Crippen LogP contribution in [0.3, 0.4) is 0 Å². The van der Waals surface area contributed by atoms with Crippen molar-refractivity contribution in [1.29, 1.82) is 0 Å². The van der Waals surface area contributed by atoms with Crippen LogP contribution >= 0.6 is 0 Å². The molecule has 0 aromatic carbocycles. The fourth-order valence-electron chi connectivity index (χ4n) is 2.68. The van der Waals surface area contributed by atoms with Crippen molar-refractivity contribution in [3.8, 4) is 0 Å². The lowest BCUT2D eigenvalue weighted by Crippen LogP contribution is -2.19. The Kier molecular flexibility index (Phi) is 11.5. The molecule has 0 spiro atoms. The Morgan fingerprint density at radius 2 is 1.79 bits per heavy atom. The second-order valence-electron chi connectivity index (χ2n) is 7.75. The van der Waals surface area contributed by atoms with Crippen LogP contribution in [0.15, 0.2) is 59.3 Å². The van der Waals surface area contributed by atoms with Crippen molar-refractivity contribution in [1.82, 2.24) is 0 Å². The van der Waals surface area contributed by atoms with E-state index in [9.17, 15) is 0 Å². The van der Waals surface area contributed by atoms with Gasteiger partial charge in [0.2, 0.25) is 0 Å². The molecular weight excluding hydrogens is 288 g/mol. The zero-order valence-corrected chi connectivity index (χ0v) is 17.4. The molecule has 1 aliphatic rings. The summed E-state index contributed by atoms with van der Waals surface area (Å²) in [6.45, 7) is 17.7. The maximum atomic E-state index is 2.47. The van der Waals surface area contributed by atoms with Crippen LogP contribution in [0.5, 0.6) is 0 Å². The van der Waals surface area contributed by atoms with Crippen LogP contribution in [0, 0.1) is 11.3 Å². The van der Waals surface area contributed by atoms with Gasteiger partial charge in [-0.05, 0) is 52.4 Å². The van der Waals surface area contributed by atoms with Gasteiger partial charge in [0.1, 0.15) is 0 Å². The zero-order chi connectivity index (χ0) is 18.6. The van der Waals surface area contributed by atoms with Gasteiger partial charge >= 0.3 is 0 Å². The normalized spacial score (nSPS) is 22.2. The zero-order valence-electron chi connectivity index (χ0n) is 17.4. The molecule has 136 valence electrons. The van der Waals surface area contributed by atoms with Crippen molar-refractivity contribution < 1.29 is 0 Å². The van der Waals surface area contributed by atoms with Gasteiger partial charge in [0.25, 0.3) is 0 Å². The molecule has 0 aromatic rings. The van der Waals surface area contributed by atoms with E-state index >= 15 is 0 Å². The van der Waals surface area contributed by atoms with Gasteiger partial charge in [0, 0.05) is 5.92 Å². The predicted molar refractivity (Wildman–Crippen MR) is 112 cm³/mol. The fourth-order valence-corrected chi connectivity index (χ4v) is 2.68. The molecule has 1 aliphatic carbocycles. The number of rotatable bonds is 4. The topological polar surface area (TPSA) is 0 Å². The van der Waals surface area contributed by atoms with E-state index in [0.29, 0.717) is 11.3 Å². The Bertz CT molecular complexity index is 492. The lowest BCUT2D eigenvalue weighted by Gasteiger charge is -2.29. The standard InChI is InChI=1S/C21H32.C3H8/c1-7-17(2)10-8-11-18(3)13-14-20-16-19(4)12-9-15-21(20,5)6;1-3-2/h7-8,10-11,13-14,16,20H,9,12,15H2,1-6H3;3H2,1-2H3/b10-8+,14-13+,17-7+,18-11+;. The monoisotopic (exact) mass is 328 g/mol. The van der Waals surface area contributed by atoms with Gasteiger partial charge in [0.05, 0.1) is 0 Å². The van der Waals surface area contributed by atoms with Crippen LogP contribution < -0.4 is 0 Å². The van der Waals surface area contributed by atoms with Gasteiger partial charge in [-0.15, -0.1) is 0 Å². The Morgan fingerprint density at radius 1 is 1.17 bits per heavy atom. The number of hydrogen-bond acceptors (Lipinski definition) is 0. The van der Waals surface area contributed by atoms with E-state index < -0.39 is 0 Å². The first-order valence-corrected chi connectivity index (χ1v) is 9.60. The van der Waals surface area contributed by atoms with Gasteiger partial charge in [-0.2, -0.15) is 0 Å². The van der Waals surface area contributed by atoms with Crippen molar-refractivity contribution in [3.63, 3.8) is 0 Å². The molecule has 0 N–H and O–H groups in total. The molecule has 0 aromatic heterocycles. The molecule has 0 aliphatic heterocycles. The molecular formula is C24H40. The summed E-state index contributed by atoms with van der Waals surface area (Å²) < 4.78 is 0. The third-order valence-corrected chi connectivity index (χ3v) is 4.50. The van der Waals surface area contributed by atoms with Crippen molar-refractivity contribution in [2.75, 3.05) is 0 Å². The average molecular weight is 329 g/mol. The van der Waals surface area contributed by atoms with Crippen LogP contribution in [-0.4, -0.2) is 0 Å². The summed E-state index contributed by atoms with van der Waals surface area (Å²) in [5.41, 5.74) is 4.51. The molecule has 1 atom stereocenters. The third-order valence-electron chi connectivity index (χ3n) is 4.50. The number of allylic oxidation sites excluding steroid dienone is 10. The Morgan fingerprint density at radius 3 is 2.38 bits per heavy atom. The molecule has 0 fully saturated rings. The summed E-state index contributed by atoms with van der Waals surface area (Å²) in [5, 5.41) is 0. The molecule has 1 rings (SSSR count). The highest BCUT2D eigenvalue weighted by Crippen LogP contribution is 2.38. The lowest BCUT2D eigenvalue weighted by atomic mass is 9.76. The molecule has 1 unspecified atom stereocenters. The van der Waals surface area contributed by atoms with Crippen molar-refractivity contribution in [3.05, 3.63) is 59.3 Å². The molecule has 0 radical (unpaired) electrons. The van der Waals surface area contributed by atoms with Crippen LogP contribution in [0.4, 0.5) is 0 Å². The van der Waals surface area contributed by atoms with Crippen LogP contribution in [-0.2, 0) is 0 Å². The Hall–Kier alpha value is -1.30. The molecule has 0 bridgehead atoms. The quantitative estimate of drug-likeness (QED) is 0.360. The summed E-state index contributed by atoms with van der Waals surface area (Å²) >= 11 is 0. The summed E-state index contributed by atoms with van der Waals surface area (Å²) in [6, 6.07) is 0. The molecule has 24 heavy (non-hydrogen) atoms. The SMILES string of the molecule is C/C=C(C)/C=C/C=C(C)/C=C/C1C=C(C)CCCC1(C)C.CCC. The van der Waals surface area contributed by atoms with Gasteiger partial charge < -0.3 is 0 Å². The van der Waals surface area contributed by atoms with E-state index in [0.717, 1.165) is 0 Å². The maximum absolute atomic E-state index is 2.47. The van der Waals surface area contributed by atoms with Crippen LogP contribution in [0.2, 0.25) is 0 Å². The summed E-state index contributed by atoms with van der Waals surface area (Å²) in [6.07, 6.45) is 20.9. The first-order valence-electron chi connectivity index (χ1n) is 9.60. The highest BCUT2D eigenvalue weighted by molar-refractivity contribution is 5.27. The van der Waals surface area contributed by atoms with E-state index in [1.54, 1.807) is 5.57 Å².